The lowest BCUT2D eigenvalue weighted by Gasteiger charge is -2.19. The van der Waals surface area contributed by atoms with Gasteiger partial charge >= 0.3 is 21.3 Å². The molecule has 0 saturated carbocycles. The van der Waals surface area contributed by atoms with Gasteiger partial charge < -0.3 is 23.7 Å². The van der Waals surface area contributed by atoms with E-state index in [1.54, 1.807) is 13.8 Å². The third-order valence-electron chi connectivity index (χ3n) is 3.82. The highest BCUT2D eigenvalue weighted by molar-refractivity contribution is 7.86. The second kappa shape index (κ2) is 7.60. The maximum atomic E-state index is 13.2. The number of epoxide rings is 2. The van der Waals surface area contributed by atoms with Gasteiger partial charge in [-0.1, -0.05) is 0 Å². The van der Waals surface area contributed by atoms with Crippen molar-refractivity contribution in [2.45, 2.75) is 30.3 Å². The molecule has 2 saturated heterocycles. The van der Waals surface area contributed by atoms with Crippen LogP contribution in [0, 0.1) is 5.92 Å². The molecule has 0 aromatic rings. The molecule has 152 valence electrons. The maximum Gasteiger partial charge on any atom is 0.402 e. The summed E-state index contributed by atoms with van der Waals surface area (Å²) in [4.78, 5) is 12.0. The summed E-state index contributed by atoms with van der Waals surface area (Å²) < 4.78 is 81.2. The predicted octanol–water partition coefficient (Wildman–Crippen LogP) is 0.237. The lowest BCUT2D eigenvalue weighted by Crippen LogP contribution is -2.37. The normalized spacial score (nSPS) is 29.3. The van der Waals surface area contributed by atoms with E-state index >= 15 is 0 Å². The Kier molecular flexibility index (Phi) is 6.25. The molecule has 2 rings (SSSR count). The van der Waals surface area contributed by atoms with Gasteiger partial charge in [0.2, 0.25) is 0 Å². The predicted molar refractivity (Wildman–Crippen MR) is 81.3 cm³/mol. The van der Waals surface area contributed by atoms with Crippen LogP contribution in [-0.4, -0.2) is 81.6 Å². The van der Waals surface area contributed by atoms with Crippen LogP contribution in [0.2, 0.25) is 0 Å². The second-order valence-electron chi connectivity index (χ2n) is 6.92. The number of hydrogen-bond donors (Lipinski definition) is 1. The first kappa shape index (κ1) is 21.4. The smallest absolute Gasteiger partial charge is 0.402 e. The molecule has 0 radical (unpaired) electrons. The summed E-state index contributed by atoms with van der Waals surface area (Å²) in [5, 5.41) is -4.60. The van der Waals surface area contributed by atoms with Gasteiger partial charge in [0.25, 0.3) is 0 Å². The fourth-order valence-corrected chi connectivity index (χ4v) is 1.99. The third-order valence-corrected chi connectivity index (χ3v) is 4.69. The number of halogens is 2. The van der Waals surface area contributed by atoms with Crippen molar-refractivity contribution in [3.05, 3.63) is 0 Å². The molecule has 0 bridgehead atoms. The molecule has 0 aliphatic carbocycles. The van der Waals surface area contributed by atoms with Crippen LogP contribution in [0.5, 0.6) is 0 Å². The molecule has 2 aliphatic heterocycles. The van der Waals surface area contributed by atoms with Crippen LogP contribution in [0.1, 0.15) is 13.8 Å². The van der Waals surface area contributed by atoms with Gasteiger partial charge in [-0.15, -0.1) is 0 Å². The zero-order valence-corrected chi connectivity index (χ0v) is 15.2. The van der Waals surface area contributed by atoms with E-state index in [0.29, 0.717) is 13.2 Å². The summed E-state index contributed by atoms with van der Waals surface area (Å²) in [5.41, 5.74) is -0.856. The molecule has 1 N–H and O–H groups in total. The van der Waals surface area contributed by atoms with Crippen molar-refractivity contribution in [3.63, 3.8) is 0 Å². The summed E-state index contributed by atoms with van der Waals surface area (Å²) >= 11 is 0. The van der Waals surface area contributed by atoms with Crippen LogP contribution >= 0.6 is 0 Å². The average molecular weight is 404 g/mol. The van der Waals surface area contributed by atoms with E-state index in [2.05, 4.69) is 4.74 Å². The van der Waals surface area contributed by atoms with Gasteiger partial charge in [0.1, 0.15) is 17.1 Å². The van der Waals surface area contributed by atoms with E-state index in [4.69, 9.17) is 23.5 Å². The highest BCUT2D eigenvalue weighted by Crippen LogP contribution is 2.27. The highest BCUT2D eigenvalue weighted by atomic mass is 32.2. The molecule has 0 aromatic heterocycles. The standard InChI is InChI=1S/C14H22F2O9S/c1-12(7-24-12)5-21-3-10(4-22-6-13(2)8-25-13)11(17)23-9-14(15,16)26(18,19)20/h10H,3-9H2,1-2H3,(H,18,19,20). The Morgan fingerprint density at radius 1 is 1.15 bits per heavy atom. The maximum absolute atomic E-state index is 13.2. The van der Waals surface area contributed by atoms with Crippen LogP contribution in [-0.2, 0) is 38.6 Å². The van der Waals surface area contributed by atoms with Gasteiger partial charge in [0, 0.05) is 0 Å². The summed E-state index contributed by atoms with van der Waals surface area (Å²) in [6, 6.07) is 0. The summed E-state index contributed by atoms with van der Waals surface area (Å²) in [6.45, 7) is 2.83. The minimum Gasteiger partial charge on any atom is -0.458 e. The second-order valence-corrected chi connectivity index (χ2v) is 8.47. The number of alkyl halides is 2. The Bertz CT molecular complexity index is 590. The monoisotopic (exact) mass is 404 g/mol. The molecule has 12 heteroatoms. The molecule has 26 heavy (non-hydrogen) atoms. The van der Waals surface area contributed by atoms with E-state index in [1.807, 2.05) is 0 Å². The van der Waals surface area contributed by atoms with Crippen molar-refractivity contribution in [2.75, 3.05) is 46.2 Å². The van der Waals surface area contributed by atoms with Crippen LogP contribution in [0.4, 0.5) is 8.78 Å². The lowest BCUT2D eigenvalue weighted by molar-refractivity contribution is -0.159. The molecule has 0 aromatic carbocycles. The fourth-order valence-electron chi connectivity index (χ4n) is 1.78. The Hall–Kier alpha value is -0.920. The van der Waals surface area contributed by atoms with Crippen LogP contribution in [0.15, 0.2) is 0 Å². The number of esters is 1. The molecule has 2 fully saturated rings. The molecule has 0 amide bonds. The molecule has 0 spiro atoms. The Morgan fingerprint density at radius 2 is 1.58 bits per heavy atom. The van der Waals surface area contributed by atoms with E-state index < -0.39 is 45.1 Å². The van der Waals surface area contributed by atoms with Crippen molar-refractivity contribution in [3.8, 4) is 0 Å². The zero-order chi connectivity index (χ0) is 19.6. The number of rotatable bonds is 12. The van der Waals surface area contributed by atoms with Crippen molar-refractivity contribution < 1.29 is 50.2 Å². The molecular formula is C14H22F2O9S. The SMILES string of the molecule is CC1(COCC(COCC2(C)CO2)C(=O)OCC(F)(F)S(=O)(=O)O)CO1. The van der Waals surface area contributed by atoms with E-state index in [1.165, 1.54) is 0 Å². The van der Waals surface area contributed by atoms with Crippen LogP contribution in [0.25, 0.3) is 0 Å². The third kappa shape index (κ3) is 6.35. The Morgan fingerprint density at radius 3 is 1.92 bits per heavy atom. The van der Waals surface area contributed by atoms with Crippen LogP contribution in [0.3, 0.4) is 0 Å². The molecule has 2 heterocycles. The van der Waals surface area contributed by atoms with Crippen molar-refractivity contribution >= 4 is 16.1 Å². The number of carbonyl (C=O) groups is 1. The lowest BCUT2D eigenvalue weighted by atomic mass is 10.1. The summed E-state index contributed by atoms with van der Waals surface area (Å²) in [5.74, 6) is -2.19. The first-order chi connectivity index (χ1) is 11.9. The van der Waals surface area contributed by atoms with Crippen molar-refractivity contribution in [2.24, 2.45) is 5.92 Å². The molecule has 2 unspecified atom stereocenters. The topological polar surface area (TPSA) is 124 Å². The van der Waals surface area contributed by atoms with Gasteiger partial charge in [0.05, 0.1) is 39.6 Å². The van der Waals surface area contributed by atoms with Gasteiger partial charge in [-0.3, -0.25) is 9.35 Å². The minimum absolute atomic E-state index is 0.188. The Labute approximate surface area is 149 Å². The van der Waals surface area contributed by atoms with Gasteiger partial charge in [0.15, 0.2) is 6.61 Å². The van der Waals surface area contributed by atoms with Gasteiger partial charge in [-0.2, -0.15) is 17.2 Å². The number of ether oxygens (including phenoxy) is 5. The van der Waals surface area contributed by atoms with E-state index in [-0.39, 0.29) is 26.4 Å². The van der Waals surface area contributed by atoms with Crippen LogP contribution < -0.4 is 0 Å². The van der Waals surface area contributed by atoms with Gasteiger partial charge in [-0.05, 0) is 13.8 Å². The first-order valence-electron chi connectivity index (χ1n) is 7.81. The number of hydrogen-bond acceptors (Lipinski definition) is 8. The summed E-state index contributed by atoms with van der Waals surface area (Å²) in [7, 11) is -5.69. The van der Waals surface area contributed by atoms with E-state index in [0.717, 1.165) is 0 Å². The average Bonchev–Trinajstić information content (AvgIpc) is 3.43. The molecule has 9 nitrogen and oxygen atoms in total. The Balaban J connectivity index is 1.84. The fraction of sp³-hybridized carbons (Fsp3) is 0.929. The minimum atomic E-state index is -5.69. The zero-order valence-electron chi connectivity index (χ0n) is 14.4. The van der Waals surface area contributed by atoms with Gasteiger partial charge in [-0.25, -0.2) is 0 Å². The highest BCUT2D eigenvalue weighted by Gasteiger charge is 2.46. The molecule has 2 aliphatic rings. The quantitative estimate of drug-likeness (QED) is 0.277. The number of carbonyl (C=O) groups excluding carboxylic acids is 1. The largest absolute Gasteiger partial charge is 0.458 e. The van der Waals surface area contributed by atoms with E-state index in [9.17, 15) is 22.0 Å². The first-order valence-corrected chi connectivity index (χ1v) is 9.25. The summed E-state index contributed by atoms with van der Waals surface area (Å²) in [6.07, 6.45) is 0. The molecular weight excluding hydrogens is 382 g/mol. The van der Waals surface area contributed by atoms with Crippen molar-refractivity contribution in [1.29, 1.82) is 0 Å². The van der Waals surface area contributed by atoms with Crippen molar-refractivity contribution in [1.82, 2.24) is 0 Å². The molecule has 2 atom stereocenters.